The first kappa shape index (κ1) is 11.4. The molecule has 0 aromatic carbocycles. The van der Waals surface area contributed by atoms with Crippen LogP contribution in [0.25, 0.3) is 0 Å². The Hall–Kier alpha value is -0.640. The van der Waals surface area contributed by atoms with Gasteiger partial charge in [0, 0.05) is 16.8 Å². The van der Waals surface area contributed by atoms with Crippen LogP contribution < -0.4 is 4.74 Å². The third-order valence-corrected chi connectivity index (χ3v) is 2.99. The minimum absolute atomic E-state index is 0.352. The van der Waals surface area contributed by atoms with Gasteiger partial charge in [-0.25, -0.2) is 4.98 Å². The van der Waals surface area contributed by atoms with Gasteiger partial charge in [-0.2, -0.15) is 4.98 Å². The van der Waals surface area contributed by atoms with Gasteiger partial charge in [0.15, 0.2) is 0 Å². The lowest BCUT2D eigenvalue weighted by Crippen LogP contribution is -2.08. The molecule has 4 heteroatoms. The monoisotopic (exact) mass is 258 g/mol. The molecule has 1 heterocycles. The van der Waals surface area contributed by atoms with E-state index in [1.807, 2.05) is 13.0 Å². The molecular weight excluding hydrogens is 244 g/mol. The number of halogens is 1. The summed E-state index contributed by atoms with van der Waals surface area (Å²) in [7, 11) is 1.62. The third kappa shape index (κ3) is 2.67. The normalized spacial score (nSPS) is 14.9. The van der Waals surface area contributed by atoms with Gasteiger partial charge in [0.2, 0.25) is 5.88 Å². The SMILES string of the molecule is COc1cc(C(C)C(C)Br)nc(C)n1. The van der Waals surface area contributed by atoms with E-state index in [2.05, 4.69) is 39.7 Å². The average Bonchev–Trinajstić information content (AvgIpc) is 2.15. The van der Waals surface area contributed by atoms with Crippen molar-refractivity contribution in [2.75, 3.05) is 7.11 Å². The highest BCUT2D eigenvalue weighted by atomic mass is 79.9. The second-order valence-electron chi connectivity index (χ2n) is 3.35. The Labute approximate surface area is 93.0 Å². The fourth-order valence-corrected chi connectivity index (χ4v) is 1.41. The van der Waals surface area contributed by atoms with Gasteiger partial charge in [0.05, 0.1) is 12.8 Å². The number of aromatic nitrogens is 2. The van der Waals surface area contributed by atoms with E-state index in [9.17, 15) is 0 Å². The maximum Gasteiger partial charge on any atom is 0.216 e. The minimum atomic E-state index is 0.352. The van der Waals surface area contributed by atoms with Crippen molar-refractivity contribution in [3.63, 3.8) is 0 Å². The van der Waals surface area contributed by atoms with E-state index in [4.69, 9.17) is 4.74 Å². The molecule has 78 valence electrons. The summed E-state index contributed by atoms with van der Waals surface area (Å²) < 4.78 is 5.10. The zero-order valence-electron chi connectivity index (χ0n) is 8.91. The molecule has 0 bridgehead atoms. The molecule has 0 saturated carbocycles. The van der Waals surface area contributed by atoms with Crippen molar-refractivity contribution in [1.29, 1.82) is 0 Å². The molecule has 2 unspecified atom stereocenters. The van der Waals surface area contributed by atoms with Crippen LogP contribution in [0.3, 0.4) is 0 Å². The van der Waals surface area contributed by atoms with Crippen molar-refractivity contribution in [2.45, 2.75) is 31.5 Å². The van der Waals surface area contributed by atoms with Gasteiger partial charge < -0.3 is 4.74 Å². The summed E-state index contributed by atoms with van der Waals surface area (Å²) in [5, 5.41) is 0. The van der Waals surface area contributed by atoms with Crippen LogP contribution in [0.2, 0.25) is 0 Å². The fraction of sp³-hybridized carbons (Fsp3) is 0.600. The Bertz CT molecular complexity index is 315. The van der Waals surface area contributed by atoms with Gasteiger partial charge in [-0.05, 0) is 6.92 Å². The van der Waals surface area contributed by atoms with E-state index < -0.39 is 0 Å². The maximum atomic E-state index is 5.10. The lowest BCUT2D eigenvalue weighted by Gasteiger charge is -2.14. The molecule has 0 N–H and O–H groups in total. The van der Waals surface area contributed by atoms with Gasteiger partial charge in [-0.15, -0.1) is 0 Å². The number of hydrogen-bond donors (Lipinski definition) is 0. The predicted molar refractivity (Wildman–Crippen MR) is 60.1 cm³/mol. The van der Waals surface area contributed by atoms with E-state index in [0.717, 1.165) is 11.5 Å². The maximum absolute atomic E-state index is 5.10. The van der Waals surface area contributed by atoms with Crippen LogP contribution in [-0.4, -0.2) is 21.9 Å². The molecule has 0 radical (unpaired) electrons. The van der Waals surface area contributed by atoms with E-state index in [-0.39, 0.29) is 0 Å². The highest BCUT2D eigenvalue weighted by Crippen LogP contribution is 2.24. The van der Waals surface area contributed by atoms with E-state index >= 15 is 0 Å². The molecule has 1 aromatic rings. The van der Waals surface area contributed by atoms with Crippen molar-refractivity contribution in [1.82, 2.24) is 9.97 Å². The van der Waals surface area contributed by atoms with Crippen LogP contribution in [-0.2, 0) is 0 Å². The summed E-state index contributed by atoms with van der Waals surface area (Å²) >= 11 is 3.55. The Morgan fingerprint density at radius 3 is 2.50 bits per heavy atom. The predicted octanol–water partition coefficient (Wildman–Crippen LogP) is 2.68. The first-order valence-electron chi connectivity index (χ1n) is 4.58. The molecule has 2 atom stereocenters. The average molecular weight is 259 g/mol. The summed E-state index contributed by atoms with van der Waals surface area (Å²) in [6.07, 6.45) is 0. The van der Waals surface area contributed by atoms with Crippen molar-refractivity contribution in [3.8, 4) is 5.88 Å². The first-order valence-corrected chi connectivity index (χ1v) is 5.49. The molecule has 0 fully saturated rings. The summed E-state index contributed by atoms with van der Waals surface area (Å²) in [4.78, 5) is 8.92. The highest BCUT2D eigenvalue weighted by molar-refractivity contribution is 9.09. The largest absolute Gasteiger partial charge is 0.481 e. The number of nitrogens with zero attached hydrogens (tertiary/aromatic N) is 2. The number of ether oxygens (including phenoxy) is 1. The van der Waals surface area contributed by atoms with E-state index in [1.54, 1.807) is 7.11 Å². The Morgan fingerprint density at radius 1 is 1.36 bits per heavy atom. The summed E-state index contributed by atoms with van der Waals surface area (Å²) in [5.41, 5.74) is 1.01. The highest BCUT2D eigenvalue weighted by Gasteiger charge is 2.14. The Kier molecular flexibility index (Phi) is 3.86. The lowest BCUT2D eigenvalue weighted by molar-refractivity contribution is 0.394. The first-order chi connectivity index (χ1) is 6.54. The van der Waals surface area contributed by atoms with E-state index in [1.165, 1.54) is 0 Å². The summed E-state index contributed by atoms with van der Waals surface area (Å²) in [6.45, 7) is 6.10. The Morgan fingerprint density at radius 2 is 2.00 bits per heavy atom. The molecule has 3 nitrogen and oxygen atoms in total. The van der Waals surface area contributed by atoms with Crippen molar-refractivity contribution in [3.05, 3.63) is 17.6 Å². The standard InChI is InChI=1S/C10H15BrN2O/c1-6(7(2)11)9-5-10(14-4)13-8(3)12-9/h5-7H,1-4H3. The molecule has 0 aliphatic carbocycles. The summed E-state index contributed by atoms with van der Waals surface area (Å²) in [6, 6.07) is 1.88. The van der Waals surface area contributed by atoms with Crippen LogP contribution in [0, 0.1) is 6.92 Å². The molecule has 14 heavy (non-hydrogen) atoms. The summed E-state index contributed by atoms with van der Waals surface area (Å²) in [5.74, 6) is 1.73. The fourth-order valence-electron chi connectivity index (χ4n) is 1.14. The molecule has 0 spiro atoms. The van der Waals surface area contributed by atoms with Crippen LogP contribution in [0.5, 0.6) is 5.88 Å². The van der Waals surface area contributed by atoms with Crippen LogP contribution >= 0.6 is 15.9 Å². The van der Waals surface area contributed by atoms with Crippen molar-refractivity contribution < 1.29 is 4.74 Å². The molecule has 0 aliphatic heterocycles. The number of rotatable bonds is 3. The molecule has 1 rings (SSSR count). The number of hydrogen-bond acceptors (Lipinski definition) is 3. The molecule has 0 aliphatic rings. The van der Waals surface area contributed by atoms with E-state index in [0.29, 0.717) is 16.6 Å². The van der Waals surface area contributed by atoms with Gasteiger partial charge in [0.25, 0.3) is 0 Å². The molecule has 1 aromatic heterocycles. The zero-order chi connectivity index (χ0) is 10.7. The van der Waals surface area contributed by atoms with Gasteiger partial charge >= 0.3 is 0 Å². The number of aryl methyl sites for hydroxylation is 1. The third-order valence-electron chi connectivity index (χ3n) is 2.20. The van der Waals surface area contributed by atoms with Crippen molar-refractivity contribution >= 4 is 15.9 Å². The zero-order valence-corrected chi connectivity index (χ0v) is 10.5. The number of methoxy groups -OCH3 is 1. The molecule has 0 amide bonds. The van der Waals surface area contributed by atoms with Gasteiger partial charge in [0.1, 0.15) is 5.82 Å². The quantitative estimate of drug-likeness (QED) is 0.783. The topological polar surface area (TPSA) is 35.0 Å². The van der Waals surface area contributed by atoms with Crippen LogP contribution in [0.4, 0.5) is 0 Å². The second kappa shape index (κ2) is 4.73. The number of alkyl halides is 1. The second-order valence-corrected chi connectivity index (χ2v) is 4.79. The lowest BCUT2D eigenvalue weighted by atomic mass is 10.1. The smallest absolute Gasteiger partial charge is 0.216 e. The van der Waals surface area contributed by atoms with Gasteiger partial charge in [-0.3, -0.25) is 0 Å². The Balaban J connectivity index is 3.02. The van der Waals surface area contributed by atoms with Crippen molar-refractivity contribution in [2.24, 2.45) is 0 Å². The minimum Gasteiger partial charge on any atom is -0.481 e. The van der Waals surface area contributed by atoms with Gasteiger partial charge in [-0.1, -0.05) is 29.8 Å². The van der Waals surface area contributed by atoms with Crippen LogP contribution in [0.15, 0.2) is 6.07 Å². The van der Waals surface area contributed by atoms with Crippen LogP contribution in [0.1, 0.15) is 31.3 Å². The molecular formula is C10H15BrN2O. The molecule has 0 saturated heterocycles.